The minimum Gasteiger partial charge on any atom is -0.337 e. The van der Waals surface area contributed by atoms with Crippen molar-refractivity contribution in [2.24, 2.45) is 7.05 Å². The zero-order valence-corrected chi connectivity index (χ0v) is 14.3. The molecule has 1 fully saturated rings. The summed E-state index contributed by atoms with van der Waals surface area (Å²) < 4.78 is 1.97. The molecule has 1 amide bonds. The molecule has 2 aromatic heterocycles. The Hall–Kier alpha value is -1.69. The molecule has 1 aliphatic carbocycles. The number of amides is 1. The highest BCUT2D eigenvalue weighted by atomic mass is 32.1. The highest BCUT2D eigenvalue weighted by Crippen LogP contribution is 2.32. The van der Waals surface area contributed by atoms with Gasteiger partial charge in [-0.15, -0.1) is 21.5 Å². The molecule has 0 spiro atoms. The molecule has 2 aromatic rings. The van der Waals surface area contributed by atoms with Crippen molar-refractivity contribution in [3.8, 4) is 0 Å². The SMILES string of the molecule is Cn1cnnc1[C@@H]1CCCN(C(=O)c2cc3c(s2)CCCC3)C1. The third-order valence-electron chi connectivity index (χ3n) is 5.03. The summed E-state index contributed by atoms with van der Waals surface area (Å²) in [7, 11) is 1.98. The van der Waals surface area contributed by atoms with Gasteiger partial charge in [-0.3, -0.25) is 4.79 Å². The van der Waals surface area contributed by atoms with E-state index in [0.717, 1.165) is 49.5 Å². The average Bonchev–Trinajstić information content (AvgIpc) is 3.20. The number of rotatable bonds is 2. The number of likely N-dealkylation sites (tertiary alicyclic amines) is 1. The lowest BCUT2D eigenvalue weighted by Gasteiger charge is -2.31. The Morgan fingerprint density at radius 3 is 2.96 bits per heavy atom. The maximum atomic E-state index is 12.9. The number of fused-ring (bicyclic) bond motifs is 1. The molecule has 0 saturated carbocycles. The van der Waals surface area contributed by atoms with Crippen LogP contribution >= 0.6 is 11.3 Å². The fourth-order valence-electron chi connectivity index (χ4n) is 3.79. The van der Waals surface area contributed by atoms with E-state index in [4.69, 9.17) is 0 Å². The second-order valence-electron chi connectivity index (χ2n) is 6.66. The number of carbonyl (C=O) groups is 1. The highest BCUT2D eigenvalue weighted by Gasteiger charge is 2.29. The number of nitrogens with zero attached hydrogens (tertiary/aromatic N) is 4. The molecule has 0 bridgehead atoms. The van der Waals surface area contributed by atoms with Crippen molar-refractivity contribution in [2.75, 3.05) is 13.1 Å². The molecule has 0 aromatic carbocycles. The van der Waals surface area contributed by atoms with Crippen LogP contribution in [-0.2, 0) is 19.9 Å². The largest absolute Gasteiger partial charge is 0.337 e. The zero-order valence-electron chi connectivity index (χ0n) is 13.5. The second kappa shape index (κ2) is 6.07. The highest BCUT2D eigenvalue weighted by molar-refractivity contribution is 7.14. The molecule has 0 unspecified atom stereocenters. The Kier molecular flexibility index (Phi) is 3.93. The summed E-state index contributed by atoms with van der Waals surface area (Å²) in [5, 5.41) is 8.22. The maximum absolute atomic E-state index is 12.9. The first-order valence-corrected chi connectivity index (χ1v) is 9.29. The third kappa shape index (κ3) is 2.80. The van der Waals surface area contributed by atoms with E-state index in [-0.39, 0.29) is 5.91 Å². The predicted octanol–water partition coefficient (Wildman–Crippen LogP) is 2.78. The number of piperidine rings is 1. The number of aromatic nitrogens is 3. The molecule has 122 valence electrons. The fourth-order valence-corrected chi connectivity index (χ4v) is 5.01. The van der Waals surface area contributed by atoms with Crippen molar-refractivity contribution in [1.82, 2.24) is 19.7 Å². The number of hydrogen-bond acceptors (Lipinski definition) is 4. The summed E-state index contributed by atoms with van der Waals surface area (Å²) in [6.07, 6.45) is 8.67. The normalized spacial score (nSPS) is 21.3. The summed E-state index contributed by atoms with van der Waals surface area (Å²) >= 11 is 1.71. The third-order valence-corrected chi connectivity index (χ3v) is 6.25. The average molecular weight is 330 g/mol. The molecule has 23 heavy (non-hydrogen) atoms. The van der Waals surface area contributed by atoms with Crippen LogP contribution in [0.25, 0.3) is 0 Å². The molecule has 0 radical (unpaired) electrons. The van der Waals surface area contributed by atoms with E-state index >= 15 is 0 Å². The Morgan fingerprint density at radius 1 is 1.30 bits per heavy atom. The lowest BCUT2D eigenvalue weighted by atomic mass is 9.96. The van der Waals surface area contributed by atoms with Crippen molar-refractivity contribution >= 4 is 17.2 Å². The number of carbonyl (C=O) groups excluding carboxylic acids is 1. The summed E-state index contributed by atoms with van der Waals surface area (Å²) in [4.78, 5) is 17.3. The molecule has 2 aliphatic rings. The van der Waals surface area contributed by atoms with Crippen LogP contribution in [0.3, 0.4) is 0 Å². The van der Waals surface area contributed by atoms with Crippen molar-refractivity contribution in [3.05, 3.63) is 33.5 Å². The summed E-state index contributed by atoms with van der Waals surface area (Å²) in [6, 6.07) is 2.15. The molecule has 1 saturated heterocycles. The fraction of sp³-hybridized carbons (Fsp3) is 0.588. The molecule has 3 heterocycles. The Labute approximate surface area is 140 Å². The van der Waals surface area contributed by atoms with E-state index in [2.05, 4.69) is 16.3 Å². The molecule has 1 atom stereocenters. The Morgan fingerprint density at radius 2 is 2.17 bits per heavy atom. The van der Waals surface area contributed by atoms with Crippen LogP contribution in [0.1, 0.15) is 57.5 Å². The van der Waals surface area contributed by atoms with Gasteiger partial charge in [-0.1, -0.05) is 0 Å². The van der Waals surface area contributed by atoms with E-state index in [1.54, 1.807) is 17.7 Å². The Bertz CT molecular complexity index is 697. The van der Waals surface area contributed by atoms with Gasteiger partial charge in [0.15, 0.2) is 0 Å². The molecule has 6 heteroatoms. The summed E-state index contributed by atoms with van der Waals surface area (Å²) in [5.74, 6) is 1.50. The Balaban J connectivity index is 1.52. The van der Waals surface area contributed by atoms with E-state index in [9.17, 15) is 4.79 Å². The van der Waals surface area contributed by atoms with Crippen LogP contribution in [0.5, 0.6) is 0 Å². The first-order valence-electron chi connectivity index (χ1n) is 8.47. The number of thiophene rings is 1. The van der Waals surface area contributed by atoms with Gasteiger partial charge in [0.1, 0.15) is 12.2 Å². The van der Waals surface area contributed by atoms with Crippen LogP contribution in [0.4, 0.5) is 0 Å². The lowest BCUT2D eigenvalue weighted by molar-refractivity contribution is 0.0708. The topological polar surface area (TPSA) is 51.0 Å². The molecule has 1 aliphatic heterocycles. The van der Waals surface area contributed by atoms with Crippen LogP contribution in [-0.4, -0.2) is 38.7 Å². The van der Waals surface area contributed by atoms with Crippen LogP contribution < -0.4 is 0 Å². The van der Waals surface area contributed by atoms with Crippen LogP contribution in [0, 0.1) is 0 Å². The summed E-state index contributed by atoms with van der Waals surface area (Å²) in [5.41, 5.74) is 1.41. The van der Waals surface area contributed by atoms with Crippen molar-refractivity contribution in [2.45, 2.75) is 44.4 Å². The number of aryl methyl sites for hydroxylation is 3. The van der Waals surface area contributed by atoms with E-state index < -0.39 is 0 Å². The summed E-state index contributed by atoms with van der Waals surface area (Å²) in [6.45, 7) is 1.61. The molecule has 0 N–H and O–H groups in total. The van der Waals surface area contributed by atoms with Crippen LogP contribution in [0.2, 0.25) is 0 Å². The van der Waals surface area contributed by atoms with Gasteiger partial charge in [-0.05, 0) is 50.2 Å². The second-order valence-corrected chi connectivity index (χ2v) is 7.79. The maximum Gasteiger partial charge on any atom is 0.263 e. The van der Waals surface area contributed by atoms with Crippen molar-refractivity contribution in [3.63, 3.8) is 0 Å². The molecular weight excluding hydrogens is 308 g/mol. The van der Waals surface area contributed by atoms with Crippen LogP contribution in [0.15, 0.2) is 12.4 Å². The minimum absolute atomic E-state index is 0.205. The van der Waals surface area contributed by atoms with E-state index in [1.807, 2.05) is 16.5 Å². The molecule has 4 rings (SSSR count). The first-order chi connectivity index (χ1) is 11.2. The van der Waals surface area contributed by atoms with Gasteiger partial charge in [0, 0.05) is 30.9 Å². The van der Waals surface area contributed by atoms with E-state index in [0.29, 0.717) is 5.92 Å². The van der Waals surface area contributed by atoms with Gasteiger partial charge in [0.2, 0.25) is 0 Å². The van der Waals surface area contributed by atoms with Crippen molar-refractivity contribution in [1.29, 1.82) is 0 Å². The van der Waals surface area contributed by atoms with Gasteiger partial charge in [-0.25, -0.2) is 0 Å². The lowest BCUT2D eigenvalue weighted by Crippen LogP contribution is -2.39. The van der Waals surface area contributed by atoms with Gasteiger partial charge in [0.05, 0.1) is 4.88 Å². The predicted molar refractivity (Wildman–Crippen MR) is 89.8 cm³/mol. The van der Waals surface area contributed by atoms with E-state index in [1.165, 1.54) is 23.3 Å². The van der Waals surface area contributed by atoms with Gasteiger partial charge >= 0.3 is 0 Å². The standard InChI is InChI=1S/C17H22N4OS/c1-20-11-18-19-16(20)13-6-4-8-21(10-13)17(22)15-9-12-5-2-3-7-14(12)23-15/h9,11,13H,2-8,10H2,1H3/t13-/m1/s1. The molecular formula is C17H22N4OS. The molecule has 5 nitrogen and oxygen atoms in total. The monoisotopic (exact) mass is 330 g/mol. The smallest absolute Gasteiger partial charge is 0.263 e. The minimum atomic E-state index is 0.205. The zero-order chi connectivity index (χ0) is 15.8. The number of hydrogen-bond donors (Lipinski definition) is 0. The first kappa shape index (κ1) is 14.9. The van der Waals surface area contributed by atoms with Gasteiger partial charge in [-0.2, -0.15) is 0 Å². The van der Waals surface area contributed by atoms with Gasteiger partial charge < -0.3 is 9.47 Å². The quantitative estimate of drug-likeness (QED) is 0.851. The van der Waals surface area contributed by atoms with Crippen molar-refractivity contribution < 1.29 is 4.79 Å². The van der Waals surface area contributed by atoms with Gasteiger partial charge in [0.25, 0.3) is 5.91 Å².